The molecule has 2 aromatic rings. The molecule has 0 aliphatic heterocycles. The van der Waals surface area contributed by atoms with Gasteiger partial charge in [-0.1, -0.05) is 44.2 Å². The Labute approximate surface area is 201 Å². The second-order valence-corrected chi connectivity index (χ2v) is 10.2. The first kappa shape index (κ1) is 25.9. The van der Waals surface area contributed by atoms with Crippen molar-refractivity contribution in [1.82, 2.24) is 0 Å². The van der Waals surface area contributed by atoms with E-state index in [1.165, 1.54) is 32.0 Å². The van der Waals surface area contributed by atoms with E-state index in [1.54, 1.807) is 36.4 Å². The summed E-state index contributed by atoms with van der Waals surface area (Å²) in [6, 6.07) is 16.5. The smallest absolute Gasteiger partial charge is 0.396 e. The van der Waals surface area contributed by atoms with E-state index in [-0.39, 0.29) is 14.7 Å². The van der Waals surface area contributed by atoms with Gasteiger partial charge < -0.3 is 9.84 Å². The molecule has 0 radical (unpaired) electrons. The van der Waals surface area contributed by atoms with Crippen molar-refractivity contribution in [2.24, 2.45) is 17.3 Å². The highest BCUT2D eigenvalue weighted by Gasteiger charge is 2.63. The molecule has 32 heavy (non-hydrogen) atoms. The number of benzene rings is 2. The Morgan fingerprint density at radius 3 is 2.16 bits per heavy atom. The summed E-state index contributed by atoms with van der Waals surface area (Å²) in [6.07, 6.45) is -4.19. The van der Waals surface area contributed by atoms with Crippen LogP contribution in [0.1, 0.15) is 25.3 Å². The van der Waals surface area contributed by atoms with Crippen LogP contribution in [0.3, 0.4) is 0 Å². The first-order valence-corrected chi connectivity index (χ1v) is 11.1. The number of ether oxygens (including phenoxy) is 1. The summed E-state index contributed by atoms with van der Waals surface area (Å²) in [5.74, 6) is -6.08. The molecule has 3 atom stereocenters. The normalized spacial score (nSPS) is 15.2. The van der Waals surface area contributed by atoms with E-state index in [0.717, 1.165) is 6.08 Å². The minimum Gasteiger partial charge on any atom is -0.481 e. The van der Waals surface area contributed by atoms with Crippen LogP contribution in [0.25, 0.3) is 0 Å². The third-order valence-electron chi connectivity index (χ3n) is 5.26. The lowest BCUT2D eigenvalue weighted by Gasteiger charge is -2.43. The molecule has 0 saturated carbocycles. The van der Waals surface area contributed by atoms with Crippen molar-refractivity contribution < 1.29 is 27.8 Å². The standard InChI is InChI=1S/C23H20Br2F3NO3/c1-14(2)22(21(30)31,19(12-20(24)25)23(26,27)28)18(13-29)15-7-6-10-17(11-15)32-16-8-4-3-5-9-16/h3-12,14,18-19H,1-2H3,(H,30,31). The number of nitriles is 1. The second-order valence-electron chi connectivity index (χ2n) is 7.42. The molecule has 0 saturated heterocycles. The van der Waals surface area contributed by atoms with Crippen LogP contribution >= 0.6 is 31.9 Å². The first-order valence-electron chi connectivity index (χ1n) is 9.50. The molecule has 0 amide bonds. The fraction of sp³-hybridized carbons (Fsp3) is 0.304. The van der Waals surface area contributed by atoms with Crippen LogP contribution in [0.4, 0.5) is 13.2 Å². The minimum absolute atomic E-state index is 0.0588. The molecule has 0 fully saturated rings. The molecule has 0 aliphatic rings. The zero-order chi connectivity index (χ0) is 24.1. The van der Waals surface area contributed by atoms with Gasteiger partial charge in [-0.3, -0.25) is 4.79 Å². The van der Waals surface area contributed by atoms with Crippen LogP contribution in [0.5, 0.6) is 11.5 Å². The molecule has 0 aromatic heterocycles. The maximum atomic E-state index is 14.2. The number of carboxylic acids is 1. The van der Waals surface area contributed by atoms with E-state index in [1.807, 2.05) is 6.07 Å². The van der Waals surface area contributed by atoms with E-state index >= 15 is 0 Å². The van der Waals surface area contributed by atoms with Crippen molar-refractivity contribution in [2.75, 3.05) is 0 Å². The predicted molar refractivity (Wildman–Crippen MR) is 122 cm³/mol. The summed E-state index contributed by atoms with van der Waals surface area (Å²) >= 11 is 5.83. The van der Waals surface area contributed by atoms with Crippen molar-refractivity contribution in [3.8, 4) is 17.6 Å². The quantitative estimate of drug-likeness (QED) is 0.352. The average Bonchev–Trinajstić information content (AvgIpc) is 2.70. The number of para-hydroxylation sites is 1. The third-order valence-corrected chi connectivity index (χ3v) is 5.79. The number of hydrogen-bond donors (Lipinski definition) is 1. The van der Waals surface area contributed by atoms with Gasteiger partial charge in [-0.15, -0.1) is 0 Å². The largest absolute Gasteiger partial charge is 0.481 e. The van der Waals surface area contributed by atoms with Gasteiger partial charge in [0.1, 0.15) is 16.9 Å². The van der Waals surface area contributed by atoms with Crippen LogP contribution < -0.4 is 4.74 Å². The molecule has 1 N–H and O–H groups in total. The van der Waals surface area contributed by atoms with E-state index in [9.17, 15) is 28.3 Å². The summed E-state index contributed by atoms with van der Waals surface area (Å²) in [4.78, 5) is 12.5. The van der Waals surface area contributed by atoms with Crippen LogP contribution in [-0.2, 0) is 4.79 Å². The number of carbonyl (C=O) groups is 1. The predicted octanol–water partition coefficient (Wildman–Crippen LogP) is 7.62. The molecule has 0 spiro atoms. The van der Waals surface area contributed by atoms with Crippen molar-refractivity contribution in [1.29, 1.82) is 5.26 Å². The Hall–Kier alpha value is -2.31. The topological polar surface area (TPSA) is 70.3 Å². The Kier molecular flexibility index (Phi) is 8.54. The Balaban J connectivity index is 2.70. The van der Waals surface area contributed by atoms with Crippen LogP contribution in [-0.4, -0.2) is 17.3 Å². The van der Waals surface area contributed by atoms with Gasteiger partial charge in [-0.2, -0.15) is 18.4 Å². The molecule has 3 unspecified atom stereocenters. The molecule has 0 aliphatic carbocycles. The van der Waals surface area contributed by atoms with E-state index in [4.69, 9.17) is 4.74 Å². The highest BCUT2D eigenvalue weighted by Crippen LogP contribution is 2.55. The van der Waals surface area contributed by atoms with Gasteiger partial charge in [0.05, 0.1) is 21.3 Å². The highest BCUT2D eigenvalue weighted by molar-refractivity contribution is 9.28. The van der Waals surface area contributed by atoms with E-state index in [0.29, 0.717) is 5.75 Å². The van der Waals surface area contributed by atoms with Crippen LogP contribution in [0.2, 0.25) is 0 Å². The monoisotopic (exact) mass is 573 g/mol. The molecular weight excluding hydrogens is 555 g/mol. The summed E-state index contributed by atoms with van der Waals surface area (Å²) in [5, 5.41) is 20.1. The van der Waals surface area contributed by atoms with Gasteiger partial charge in [0.2, 0.25) is 0 Å². The molecule has 2 aromatic carbocycles. The molecule has 0 bridgehead atoms. The third kappa shape index (κ3) is 5.54. The molecular formula is C23H20Br2F3NO3. The molecule has 4 nitrogen and oxygen atoms in total. The van der Waals surface area contributed by atoms with Gasteiger partial charge in [0.15, 0.2) is 0 Å². The Morgan fingerprint density at radius 1 is 1.09 bits per heavy atom. The SMILES string of the molecule is CC(C)C(C(=O)O)(C(C#N)c1cccc(Oc2ccccc2)c1)C(C=C(Br)Br)C(F)(F)F. The van der Waals surface area contributed by atoms with Crippen LogP contribution in [0, 0.1) is 28.6 Å². The highest BCUT2D eigenvalue weighted by atomic mass is 79.9. The number of nitrogens with zero attached hydrogens (tertiary/aromatic N) is 1. The minimum atomic E-state index is -4.93. The zero-order valence-electron chi connectivity index (χ0n) is 17.1. The fourth-order valence-electron chi connectivity index (χ4n) is 3.84. The number of alkyl halides is 3. The Bertz CT molecular complexity index is 1020. The summed E-state index contributed by atoms with van der Waals surface area (Å²) in [5.41, 5.74) is -2.39. The van der Waals surface area contributed by atoms with Gasteiger partial charge in [0, 0.05) is 0 Å². The maximum Gasteiger partial charge on any atom is 0.396 e. The number of allylic oxidation sites excluding steroid dienone is 1. The number of halogens is 5. The number of aliphatic carboxylic acids is 1. The van der Waals surface area contributed by atoms with E-state index < -0.39 is 35.3 Å². The molecule has 2 rings (SSSR count). The van der Waals surface area contributed by atoms with Gasteiger partial charge >= 0.3 is 12.1 Å². The van der Waals surface area contributed by atoms with Gasteiger partial charge in [-0.25, -0.2) is 0 Å². The molecule has 0 heterocycles. The Morgan fingerprint density at radius 2 is 1.69 bits per heavy atom. The molecule has 170 valence electrons. The fourth-order valence-corrected chi connectivity index (χ4v) is 4.37. The summed E-state index contributed by atoms with van der Waals surface area (Å²) in [7, 11) is 0. The number of rotatable bonds is 8. The lowest BCUT2D eigenvalue weighted by molar-refractivity contribution is -0.211. The van der Waals surface area contributed by atoms with Gasteiger partial charge in [-0.05, 0) is 73.7 Å². The summed E-state index contributed by atoms with van der Waals surface area (Å²) in [6.45, 7) is 2.75. The molecule has 9 heteroatoms. The van der Waals surface area contributed by atoms with Crippen molar-refractivity contribution in [3.63, 3.8) is 0 Å². The van der Waals surface area contributed by atoms with Gasteiger partial charge in [0.25, 0.3) is 0 Å². The summed E-state index contributed by atoms with van der Waals surface area (Å²) < 4.78 is 48.2. The average molecular weight is 575 g/mol. The lowest BCUT2D eigenvalue weighted by atomic mass is 9.58. The zero-order valence-corrected chi connectivity index (χ0v) is 20.3. The van der Waals surface area contributed by atoms with Crippen molar-refractivity contribution in [2.45, 2.75) is 25.9 Å². The lowest BCUT2D eigenvalue weighted by Crippen LogP contribution is -2.52. The number of hydrogen-bond acceptors (Lipinski definition) is 3. The van der Waals surface area contributed by atoms with E-state index in [2.05, 4.69) is 31.9 Å². The number of carboxylic acid groups (broad SMARTS) is 1. The van der Waals surface area contributed by atoms with Crippen molar-refractivity contribution >= 4 is 37.8 Å². The van der Waals surface area contributed by atoms with Crippen LogP contribution in [0.15, 0.2) is 64.1 Å². The second kappa shape index (κ2) is 10.5. The first-order chi connectivity index (χ1) is 14.9. The van der Waals surface area contributed by atoms with Crippen molar-refractivity contribution in [3.05, 3.63) is 69.6 Å². The maximum absolute atomic E-state index is 14.2.